The number of hydrogen-bond acceptors (Lipinski definition) is 2. The number of amides is 1. The van der Waals surface area contributed by atoms with E-state index in [9.17, 15) is 4.79 Å². The van der Waals surface area contributed by atoms with E-state index in [0.29, 0.717) is 13.1 Å². The van der Waals surface area contributed by atoms with Crippen molar-refractivity contribution in [3.63, 3.8) is 0 Å². The summed E-state index contributed by atoms with van der Waals surface area (Å²) in [5, 5.41) is 2.74. The van der Waals surface area contributed by atoms with E-state index < -0.39 is 0 Å². The van der Waals surface area contributed by atoms with E-state index in [2.05, 4.69) is 10.3 Å². The molecule has 2 aromatic rings. The molecular formula is C16H17N3O. The third kappa shape index (κ3) is 4.24. The number of benzene rings is 2. The van der Waals surface area contributed by atoms with Gasteiger partial charge in [0.1, 0.15) is 0 Å². The Labute approximate surface area is 118 Å². The third-order valence-corrected chi connectivity index (χ3v) is 2.80. The average Bonchev–Trinajstić information content (AvgIpc) is 2.52. The van der Waals surface area contributed by atoms with E-state index in [4.69, 9.17) is 5.73 Å². The van der Waals surface area contributed by atoms with Crippen LogP contribution in [0.15, 0.2) is 65.7 Å². The van der Waals surface area contributed by atoms with E-state index in [1.807, 2.05) is 60.7 Å². The molecule has 0 bridgehead atoms. The monoisotopic (exact) mass is 267 g/mol. The van der Waals surface area contributed by atoms with Crippen LogP contribution >= 0.6 is 0 Å². The van der Waals surface area contributed by atoms with Gasteiger partial charge in [-0.1, -0.05) is 60.7 Å². The number of carbonyl (C=O) groups excluding carboxylic acids is 1. The summed E-state index contributed by atoms with van der Waals surface area (Å²) in [6, 6.07) is 19.3. The fourth-order valence-electron chi connectivity index (χ4n) is 1.70. The number of rotatable bonds is 4. The first-order chi connectivity index (χ1) is 9.75. The highest BCUT2D eigenvalue weighted by Gasteiger charge is 2.05. The second kappa shape index (κ2) is 7.09. The van der Waals surface area contributed by atoms with Gasteiger partial charge in [0.2, 0.25) is 0 Å². The summed E-state index contributed by atoms with van der Waals surface area (Å²) in [7, 11) is 0. The van der Waals surface area contributed by atoms with Crippen LogP contribution < -0.4 is 11.1 Å². The second-order valence-corrected chi connectivity index (χ2v) is 4.36. The third-order valence-electron chi connectivity index (χ3n) is 2.80. The van der Waals surface area contributed by atoms with Crippen molar-refractivity contribution in [2.45, 2.75) is 13.1 Å². The Morgan fingerprint density at radius 3 is 2.10 bits per heavy atom. The Hall–Kier alpha value is -2.62. The van der Waals surface area contributed by atoms with Crippen molar-refractivity contribution in [2.75, 3.05) is 0 Å². The maximum absolute atomic E-state index is 11.8. The van der Waals surface area contributed by atoms with Crippen molar-refractivity contribution in [3.05, 3.63) is 71.8 Å². The zero-order valence-corrected chi connectivity index (χ0v) is 11.1. The molecule has 4 nitrogen and oxygen atoms in total. The summed E-state index contributed by atoms with van der Waals surface area (Å²) >= 11 is 0. The molecule has 0 aliphatic heterocycles. The lowest BCUT2D eigenvalue weighted by atomic mass is 10.2. The number of nitrogens with zero attached hydrogens (tertiary/aromatic N) is 1. The normalized spacial score (nSPS) is 11.1. The quantitative estimate of drug-likeness (QED) is 0.656. The van der Waals surface area contributed by atoms with Crippen molar-refractivity contribution in [2.24, 2.45) is 10.7 Å². The molecule has 0 radical (unpaired) electrons. The van der Waals surface area contributed by atoms with Crippen molar-refractivity contribution < 1.29 is 4.79 Å². The van der Waals surface area contributed by atoms with Crippen LogP contribution in [0, 0.1) is 0 Å². The fraction of sp³-hybridized carbons (Fsp3) is 0.125. The zero-order chi connectivity index (χ0) is 14.2. The van der Waals surface area contributed by atoms with Crippen LogP contribution in [0.1, 0.15) is 11.1 Å². The number of hydrogen-bond donors (Lipinski definition) is 2. The van der Waals surface area contributed by atoms with Gasteiger partial charge in [0.15, 0.2) is 5.84 Å². The number of aliphatic imine (C=N–C) groups is 1. The smallest absolute Gasteiger partial charge is 0.286 e. The van der Waals surface area contributed by atoms with Crippen LogP contribution in [0.3, 0.4) is 0 Å². The van der Waals surface area contributed by atoms with Crippen molar-refractivity contribution in [1.82, 2.24) is 5.32 Å². The molecule has 2 aromatic carbocycles. The molecule has 20 heavy (non-hydrogen) atoms. The number of nitrogens with one attached hydrogen (secondary N) is 1. The molecule has 0 spiro atoms. The maximum Gasteiger partial charge on any atom is 0.286 e. The molecule has 4 heteroatoms. The predicted octanol–water partition coefficient (Wildman–Crippen LogP) is 1.86. The fourth-order valence-corrected chi connectivity index (χ4v) is 1.70. The van der Waals surface area contributed by atoms with Gasteiger partial charge in [-0.05, 0) is 11.1 Å². The summed E-state index contributed by atoms with van der Waals surface area (Å²) in [6.07, 6.45) is 0. The van der Waals surface area contributed by atoms with Crippen molar-refractivity contribution in [1.29, 1.82) is 0 Å². The summed E-state index contributed by atoms with van der Waals surface area (Å²) in [5.41, 5.74) is 7.71. The van der Waals surface area contributed by atoms with Gasteiger partial charge >= 0.3 is 0 Å². The highest BCUT2D eigenvalue weighted by molar-refractivity contribution is 6.37. The predicted molar refractivity (Wildman–Crippen MR) is 80.1 cm³/mol. The topological polar surface area (TPSA) is 67.5 Å². The molecule has 0 aliphatic rings. The summed E-state index contributed by atoms with van der Waals surface area (Å²) in [4.78, 5) is 15.9. The van der Waals surface area contributed by atoms with Crippen LogP contribution in [0.5, 0.6) is 0 Å². The molecule has 0 saturated carbocycles. The van der Waals surface area contributed by atoms with Gasteiger partial charge in [-0.25, -0.2) is 0 Å². The van der Waals surface area contributed by atoms with Gasteiger partial charge in [0.25, 0.3) is 5.91 Å². The highest BCUT2D eigenvalue weighted by Crippen LogP contribution is 2.00. The first-order valence-corrected chi connectivity index (χ1v) is 6.41. The van der Waals surface area contributed by atoms with Crippen LogP contribution in [0.2, 0.25) is 0 Å². The molecule has 0 fully saturated rings. The molecule has 0 heterocycles. The van der Waals surface area contributed by atoms with Crippen molar-refractivity contribution in [3.8, 4) is 0 Å². The summed E-state index contributed by atoms with van der Waals surface area (Å²) < 4.78 is 0. The van der Waals surface area contributed by atoms with Crippen LogP contribution in [-0.2, 0) is 17.9 Å². The van der Waals surface area contributed by atoms with E-state index in [-0.39, 0.29) is 11.7 Å². The van der Waals surface area contributed by atoms with Crippen molar-refractivity contribution >= 4 is 11.7 Å². The lowest BCUT2D eigenvalue weighted by Crippen LogP contribution is -2.36. The first kappa shape index (κ1) is 13.8. The lowest BCUT2D eigenvalue weighted by Gasteiger charge is -2.05. The molecule has 102 valence electrons. The van der Waals surface area contributed by atoms with Gasteiger partial charge in [0.05, 0.1) is 6.54 Å². The summed E-state index contributed by atoms with van der Waals surface area (Å²) in [5.74, 6) is -0.338. The van der Waals surface area contributed by atoms with Gasteiger partial charge < -0.3 is 11.1 Å². The van der Waals surface area contributed by atoms with E-state index in [1.54, 1.807) is 0 Å². The van der Waals surface area contributed by atoms with Gasteiger partial charge in [-0.3, -0.25) is 9.79 Å². The lowest BCUT2D eigenvalue weighted by molar-refractivity contribution is -0.115. The second-order valence-electron chi connectivity index (χ2n) is 4.36. The average molecular weight is 267 g/mol. The first-order valence-electron chi connectivity index (χ1n) is 6.41. The number of nitrogens with two attached hydrogens (primary N) is 1. The van der Waals surface area contributed by atoms with Gasteiger partial charge in [0, 0.05) is 6.54 Å². The molecule has 0 unspecified atom stereocenters. The largest absolute Gasteiger partial charge is 0.379 e. The van der Waals surface area contributed by atoms with E-state index in [0.717, 1.165) is 11.1 Å². The Kier molecular flexibility index (Phi) is 4.89. The molecule has 0 aliphatic carbocycles. The molecule has 1 amide bonds. The minimum Gasteiger partial charge on any atom is -0.379 e. The Bertz CT molecular complexity index is 579. The Morgan fingerprint density at radius 2 is 1.50 bits per heavy atom. The van der Waals surface area contributed by atoms with E-state index in [1.165, 1.54) is 0 Å². The molecule has 2 rings (SSSR count). The number of amidine groups is 1. The Balaban J connectivity index is 1.85. The van der Waals surface area contributed by atoms with Crippen LogP contribution in [0.4, 0.5) is 0 Å². The van der Waals surface area contributed by atoms with Gasteiger partial charge in [-0.15, -0.1) is 0 Å². The van der Waals surface area contributed by atoms with Crippen LogP contribution in [-0.4, -0.2) is 11.7 Å². The molecule has 3 N–H and O–H groups in total. The molecule has 0 saturated heterocycles. The minimum absolute atomic E-state index is 0.00443. The van der Waals surface area contributed by atoms with Crippen LogP contribution in [0.25, 0.3) is 0 Å². The Morgan fingerprint density at radius 1 is 0.950 bits per heavy atom. The number of carbonyl (C=O) groups is 1. The summed E-state index contributed by atoms with van der Waals surface area (Å²) in [6.45, 7) is 0.854. The maximum atomic E-state index is 11.8. The van der Waals surface area contributed by atoms with E-state index >= 15 is 0 Å². The minimum atomic E-state index is -0.343. The highest BCUT2D eigenvalue weighted by atomic mass is 16.2. The molecule has 0 aromatic heterocycles. The molecular weight excluding hydrogens is 250 g/mol. The van der Waals surface area contributed by atoms with Gasteiger partial charge in [-0.2, -0.15) is 0 Å². The molecule has 0 atom stereocenters. The standard InChI is InChI=1S/C16H17N3O/c17-15(18-11-13-7-3-1-4-8-13)16(20)19-12-14-9-5-2-6-10-14/h1-10H,11-12H2,(H2,17,18)(H,19,20). The zero-order valence-electron chi connectivity index (χ0n) is 11.1. The SMILES string of the molecule is NC(=NCc1ccccc1)C(=O)NCc1ccccc1.